The molecule has 0 fully saturated rings. The molecule has 3 aromatic carbocycles. The smallest absolute Gasteiger partial charge is 0.216 e. The molecule has 0 aliphatic carbocycles. The Morgan fingerprint density at radius 3 is 2.26 bits per heavy atom. The molecule has 0 atom stereocenters. The average molecular weight is 396 g/mol. The van der Waals surface area contributed by atoms with Crippen molar-refractivity contribution < 1.29 is 13.2 Å². The number of nitrogens with zero attached hydrogens (tertiary/aromatic N) is 1. The van der Waals surface area contributed by atoms with Gasteiger partial charge in [0.1, 0.15) is 22.5 Å². The molecule has 0 aliphatic rings. The normalized spacial score (nSPS) is 11.6. The Morgan fingerprint density at radius 1 is 0.926 bits per heavy atom. The van der Waals surface area contributed by atoms with Crippen LogP contribution < -0.4 is 4.74 Å². The van der Waals surface area contributed by atoms with Crippen LogP contribution in [0, 0.1) is 11.3 Å². The molecule has 0 bridgehead atoms. The molecule has 4 nitrogen and oxygen atoms in total. The summed E-state index contributed by atoms with van der Waals surface area (Å²) in [6, 6.07) is 23.5. The number of nitriles is 1. The van der Waals surface area contributed by atoms with Gasteiger partial charge in [-0.15, -0.1) is 0 Å². The summed E-state index contributed by atoms with van der Waals surface area (Å²) in [6.45, 7) is 0. The summed E-state index contributed by atoms with van der Waals surface area (Å²) >= 11 is 5.80. The topological polar surface area (TPSA) is 67.2 Å². The van der Waals surface area contributed by atoms with Crippen LogP contribution in [0.25, 0.3) is 6.08 Å². The molecule has 0 radical (unpaired) electrons. The second-order valence-electron chi connectivity index (χ2n) is 5.57. The molecular weight excluding hydrogens is 382 g/mol. The molecule has 0 aromatic heterocycles. The van der Waals surface area contributed by atoms with Gasteiger partial charge in [-0.05, 0) is 60.2 Å². The van der Waals surface area contributed by atoms with Crippen molar-refractivity contribution in [1.29, 1.82) is 5.26 Å². The maximum atomic E-state index is 12.7. The minimum atomic E-state index is -3.94. The van der Waals surface area contributed by atoms with Crippen molar-refractivity contribution in [2.45, 2.75) is 4.90 Å². The van der Waals surface area contributed by atoms with Crippen molar-refractivity contribution in [3.63, 3.8) is 0 Å². The van der Waals surface area contributed by atoms with Crippen LogP contribution in [0.3, 0.4) is 0 Å². The van der Waals surface area contributed by atoms with Crippen molar-refractivity contribution in [2.75, 3.05) is 0 Å². The lowest BCUT2D eigenvalue weighted by molar-refractivity contribution is 0.482. The molecule has 0 N–H and O–H groups in total. The van der Waals surface area contributed by atoms with E-state index in [1.54, 1.807) is 30.3 Å². The minimum absolute atomic E-state index is 0.0105. The number of hydrogen-bond acceptors (Lipinski definition) is 4. The molecule has 0 aliphatic heterocycles. The summed E-state index contributed by atoms with van der Waals surface area (Å²) in [5.74, 6) is 1.20. The first-order chi connectivity index (χ1) is 13.0. The van der Waals surface area contributed by atoms with Crippen LogP contribution in [0.1, 0.15) is 5.56 Å². The van der Waals surface area contributed by atoms with Gasteiger partial charge in [-0.3, -0.25) is 0 Å². The zero-order chi connectivity index (χ0) is 19.3. The molecule has 134 valence electrons. The first kappa shape index (κ1) is 18.7. The molecule has 0 saturated carbocycles. The van der Waals surface area contributed by atoms with E-state index in [1.807, 2.05) is 30.3 Å². The molecule has 6 heteroatoms. The summed E-state index contributed by atoms with van der Waals surface area (Å²) < 4.78 is 31.1. The third-order valence-corrected chi connectivity index (χ3v) is 5.59. The molecule has 3 rings (SSSR count). The van der Waals surface area contributed by atoms with Gasteiger partial charge in [-0.25, -0.2) is 8.42 Å². The van der Waals surface area contributed by atoms with Gasteiger partial charge in [0, 0.05) is 5.02 Å². The van der Waals surface area contributed by atoms with Crippen molar-refractivity contribution in [3.8, 4) is 17.6 Å². The number of sulfone groups is 1. The highest BCUT2D eigenvalue weighted by molar-refractivity contribution is 7.95. The number of hydrogen-bond donors (Lipinski definition) is 0. The number of halogens is 1. The molecule has 0 saturated heterocycles. The summed E-state index contributed by atoms with van der Waals surface area (Å²) in [7, 11) is -3.94. The van der Waals surface area contributed by atoms with E-state index in [1.165, 1.54) is 30.3 Å². The predicted molar refractivity (Wildman–Crippen MR) is 105 cm³/mol. The molecule has 0 unspecified atom stereocenters. The summed E-state index contributed by atoms with van der Waals surface area (Å²) in [6.07, 6.45) is 1.32. The Bertz CT molecular complexity index is 1120. The van der Waals surface area contributed by atoms with E-state index in [0.717, 1.165) is 0 Å². The standard InChI is InChI=1S/C21H14ClNO3S/c22-17-9-11-20(12-10-17)27(24,25)21(15-23)14-16-5-4-8-19(13-16)26-18-6-2-1-3-7-18/h1-14H/b21-14+. The Morgan fingerprint density at radius 2 is 1.59 bits per heavy atom. The molecule has 0 heterocycles. The van der Waals surface area contributed by atoms with Gasteiger partial charge in [0.25, 0.3) is 0 Å². The molecule has 0 amide bonds. The first-order valence-electron chi connectivity index (χ1n) is 7.94. The highest BCUT2D eigenvalue weighted by atomic mass is 35.5. The molecule has 0 spiro atoms. The van der Waals surface area contributed by atoms with Crippen LogP contribution in [0.2, 0.25) is 5.02 Å². The lowest BCUT2D eigenvalue weighted by Gasteiger charge is -2.07. The van der Waals surface area contributed by atoms with Crippen LogP contribution in [0.5, 0.6) is 11.5 Å². The van der Waals surface area contributed by atoms with Crippen molar-refractivity contribution >= 4 is 27.5 Å². The van der Waals surface area contributed by atoms with Gasteiger partial charge in [0.2, 0.25) is 9.84 Å². The molecule has 27 heavy (non-hydrogen) atoms. The van der Waals surface area contributed by atoms with Gasteiger partial charge in [-0.1, -0.05) is 41.9 Å². The summed E-state index contributed by atoms with van der Waals surface area (Å²) in [4.78, 5) is -0.349. The maximum Gasteiger partial charge on any atom is 0.216 e. The van der Waals surface area contributed by atoms with E-state index < -0.39 is 9.84 Å². The largest absolute Gasteiger partial charge is 0.457 e. The van der Waals surface area contributed by atoms with E-state index in [0.29, 0.717) is 22.1 Å². The molecular formula is C21H14ClNO3S. The van der Waals surface area contributed by atoms with E-state index in [-0.39, 0.29) is 9.80 Å². The van der Waals surface area contributed by atoms with Crippen molar-refractivity contribution in [1.82, 2.24) is 0 Å². The Labute approximate surface area is 162 Å². The lowest BCUT2D eigenvalue weighted by Crippen LogP contribution is -2.03. The zero-order valence-electron chi connectivity index (χ0n) is 14.0. The van der Waals surface area contributed by atoms with E-state index >= 15 is 0 Å². The van der Waals surface area contributed by atoms with E-state index in [4.69, 9.17) is 16.3 Å². The number of rotatable bonds is 5. The summed E-state index contributed by atoms with van der Waals surface area (Å²) in [5.41, 5.74) is 0.539. The lowest BCUT2D eigenvalue weighted by atomic mass is 10.2. The summed E-state index contributed by atoms with van der Waals surface area (Å²) in [5, 5.41) is 9.81. The Kier molecular flexibility index (Phi) is 5.60. The average Bonchev–Trinajstić information content (AvgIpc) is 2.67. The van der Waals surface area contributed by atoms with Gasteiger partial charge < -0.3 is 4.74 Å². The SMILES string of the molecule is N#C/C(=C\c1cccc(Oc2ccccc2)c1)S(=O)(=O)c1ccc(Cl)cc1. The third-order valence-electron chi connectivity index (χ3n) is 3.66. The fourth-order valence-electron chi connectivity index (χ4n) is 2.35. The monoisotopic (exact) mass is 395 g/mol. The number of ether oxygens (including phenoxy) is 1. The highest BCUT2D eigenvalue weighted by Gasteiger charge is 2.20. The fourth-order valence-corrected chi connectivity index (χ4v) is 3.64. The van der Waals surface area contributed by atoms with Crippen molar-refractivity contribution in [3.05, 3.63) is 94.4 Å². The Balaban J connectivity index is 1.93. The van der Waals surface area contributed by atoms with Gasteiger partial charge in [-0.2, -0.15) is 5.26 Å². The minimum Gasteiger partial charge on any atom is -0.457 e. The maximum absolute atomic E-state index is 12.7. The quantitative estimate of drug-likeness (QED) is 0.537. The highest BCUT2D eigenvalue weighted by Crippen LogP contribution is 2.26. The third kappa shape index (κ3) is 4.56. The zero-order valence-corrected chi connectivity index (χ0v) is 15.6. The van der Waals surface area contributed by atoms with Crippen LogP contribution >= 0.6 is 11.6 Å². The van der Waals surface area contributed by atoms with E-state index in [9.17, 15) is 13.7 Å². The van der Waals surface area contributed by atoms with Crippen LogP contribution in [0.4, 0.5) is 0 Å². The predicted octanol–water partition coefficient (Wildman–Crippen LogP) is 5.47. The molecule has 3 aromatic rings. The fraction of sp³-hybridized carbons (Fsp3) is 0. The van der Waals surface area contributed by atoms with Crippen molar-refractivity contribution in [2.24, 2.45) is 0 Å². The van der Waals surface area contributed by atoms with Gasteiger partial charge in [0.15, 0.2) is 0 Å². The van der Waals surface area contributed by atoms with E-state index in [2.05, 4.69) is 0 Å². The first-order valence-corrected chi connectivity index (χ1v) is 9.80. The van der Waals surface area contributed by atoms with Crippen LogP contribution in [-0.2, 0) is 9.84 Å². The van der Waals surface area contributed by atoms with Gasteiger partial charge >= 0.3 is 0 Å². The number of allylic oxidation sites excluding steroid dienone is 1. The van der Waals surface area contributed by atoms with Crippen LogP contribution in [-0.4, -0.2) is 8.42 Å². The van der Waals surface area contributed by atoms with Crippen LogP contribution in [0.15, 0.2) is 88.7 Å². The second-order valence-corrected chi connectivity index (χ2v) is 7.92. The number of benzene rings is 3. The second kappa shape index (κ2) is 8.09. The van der Waals surface area contributed by atoms with Gasteiger partial charge in [0.05, 0.1) is 4.90 Å². The number of para-hydroxylation sites is 1. The Hall–Kier alpha value is -3.07.